The minimum absolute atomic E-state index is 0.272. The molecule has 0 spiro atoms. The fourth-order valence-corrected chi connectivity index (χ4v) is 2.49. The van der Waals surface area contributed by atoms with E-state index in [-0.39, 0.29) is 12.5 Å². The summed E-state index contributed by atoms with van der Waals surface area (Å²) in [4.78, 5) is 28.1. The van der Waals surface area contributed by atoms with Crippen molar-refractivity contribution in [1.29, 1.82) is 0 Å². The molecule has 3 aromatic rings. The van der Waals surface area contributed by atoms with Gasteiger partial charge in [-0.05, 0) is 42.5 Å². The predicted octanol–water partition coefficient (Wildman–Crippen LogP) is 3.79. The van der Waals surface area contributed by atoms with Gasteiger partial charge in [-0.1, -0.05) is 11.6 Å². The minimum Gasteiger partial charge on any atom is -0.467 e. The van der Waals surface area contributed by atoms with Gasteiger partial charge >= 0.3 is 5.97 Å². The van der Waals surface area contributed by atoms with E-state index in [0.29, 0.717) is 33.4 Å². The normalized spacial score (nSPS) is 10.3. The number of ether oxygens (including phenoxy) is 1. The largest absolute Gasteiger partial charge is 0.467 e. The number of benzene rings is 1. The molecule has 2 heterocycles. The third-order valence-corrected chi connectivity index (χ3v) is 4.01. The summed E-state index contributed by atoms with van der Waals surface area (Å²) in [5, 5.41) is 6.17. The molecular formula is C19H16ClN3O4. The standard InChI is InChI=1S/C19H16ClN3O4/c1-26-19(25)13-4-5-15(20)16(9-13)23-17-10-12(6-7-21-17)18(24)22-11-14-3-2-8-27-14/h2-10H,11H2,1H3,(H,21,23)(H,22,24). The van der Waals surface area contributed by atoms with Gasteiger partial charge in [0.05, 0.1) is 36.2 Å². The van der Waals surface area contributed by atoms with Crippen LogP contribution in [0, 0.1) is 0 Å². The van der Waals surface area contributed by atoms with Crippen molar-refractivity contribution in [3.05, 3.63) is 76.8 Å². The van der Waals surface area contributed by atoms with Crippen molar-refractivity contribution >= 4 is 35.0 Å². The molecule has 0 aliphatic carbocycles. The van der Waals surface area contributed by atoms with Crippen molar-refractivity contribution in [2.75, 3.05) is 12.4 Å². The number of amides is 1. The summed E-state index contributed by atoms with van der Waals surface area (Å²) in [5.74, 6) is 0.312. The third kappa shape index (κ3) is 4.65. The lowest BCUT2D eigenvalue weighted by atomic mass is 10.2. The number of pyridine rings is 1. The number of aromatic nitrogens is 1. The smallest absolute Gasteiger partial charge is 0.337 e. The zero-order chi connectivity index (χ0) is 19.2. The van der Waals surface area contributed by atoms with Crippen LogP contribution < -0.4 is 10.6 Å². The van der Waals surface area contributed by atoms with E-state index in [4.69, 9.17) is 20.8 Å². The van der Waals surface area contributed by atoms with E-state index >= 15 is 0 Å². The van der Waals surface area contributed by atoms with Crippen LogP contribution in [0.3, 0.4) is 0 Å². The summed E-state index contributed by atoms with van der Waals surface area (Å²) in [6.45, 7) is 0.282. The van der Waals surface area contributed by atoms with Gasteiger partial charge in [-0.25, -0.2) is 9.78 Å². The molecule has 0 fully saturated rings. The molecule has 0 unspecified atom stereocenters. The van der Waals surface area contributed by atoms with Gasteiger partial charge in [-0.15, -0.1) is 0 Å². The van der Waals surface area contributed by atoms with Gasteiger partial charge in [0.15, 0.2) is 0 Å². The Kier molecular flexibility index (Phi) is 5.73. The average Bonchev–Trinajstić information content (AvgIpc) is 3.21. The van der Waals surface area contributed by atoms with Crippen LogP contribution in [0.15, 0.2) is 59.3 Å². The highest BCUT2D eigenvalue weighted by molar-refractivity contribution is 6.33. The Hall–Kier alpha value is -3.32. The molecule has 0 saturated heterocycles. The number of methoxy groups -OCH3 is 1. The first-order valence-corrected chi connectivity index (χ1v) is 8.36. The molecule has 0 bridgehead atoms. The van der Waals surface area contributed by atoms with Crippen LogP contribution in [0.1, 0.15) is 26.5 Å². The Morgan fingerprint density at radius 3 is 2.78 bits per heavy atom. The monoisotopic (exact) mass is 385 g/mol. The van der Waals surface area contributed by atoms with E-state index in [2.05, 4.69) is 15.6 Å². The molecule has 0 aliphatic heterocycles. The van der Waals surface area contributed by atoms with Crippen LogP contribution in [0.5, 0.6) is 0 Å². The number of anilines is 2. The molecule has 27 heavy (non-hydrogen) atoms. The highest BCUT2D eigenvalue weighted by Gasteiger charge is 2.11. The quantitative estimate of drug-likeness (QED) is 0.627. The Labute approximate surface area is 160 Å². The van der Waals surface area contributed by atoms with Crippen molar-refractivity contribution < 1.29 is 18.7 Å². The maximum absolute atomic E-state index is 12.3. The zero-order valence-corrected chi connectivity index (χ0v) is 15.1. The second-order valence-corrected chi connectivity index (χ2v) is 5.91. The number of rotatable bonds is 6. The molecule has 3 rings (SSSR count). The van der Waals surface area contributed by atoms with Crippen LogP contribution in [0.4, 0.5) is 11.5 Å². The van der Waals surface area contributed by atoms with Crippen molar-refractivity contribution in [1.82, 2.24) is 10.3 Å². The minimum atomic E-state index is -0.478. The van der Waals surface area contributed by atoms with Gasteiger partial charge in [0.25, 0.3) is 5.91 Å². The highest BCUT2D eigenvalue weighted by atomic mass is 35.5. The van der Waals surface area contributed by atoms with Crippen LogP contribution >= 0.6 is 11.6 Å². The van der Waals surface area contributed by atoms with Crippen molar-refractivity contribution in [3.63, 3.8) is 0 Å². The number of nitrogens with zero attached hydrogens (tertiary/aromatic N) is 1. The highest BCUT2D eigenvalue weighted by Crippen LogP contribution is 2.26. The summed E-state index contributed by atoms with van der Waals surface area (Å²) >= 11 is 6.17. The number of furan rings is 1. The van der Waals surface area contributed by atoms with E-state index in [9.17, 15) is 9.59 Å². The number of hydrogen-bond acceptors (Lipinski definition) is 6. The van der Waals surface area contributed by atoms with Crippen LogP contribution in [-0.2, 0) is 11.3 Å². The predicted molar refractivity (Wildman–Crippen MR) is 100 cm³/mol. The first kappa shape index (κ1) is 18.5. The maximum Gasteiger partial charge on any atom is 0.337 e. The summed E-state index contributed by atoms with van der Waals surface area (Å²) in [6.07, 6.45) is 3.05. The van der Waals surface area contributed by atoms with Gasteiger partial charge in [0.1, 0.15) is 11.6 Å². The number of hydrogen-bond donors (Lipinski definition) is 2. The van der Waals surface area contributed by atoms with E-state index < -0.39 is 5.97 Å². The Balaban J connectivity index is 1.74. The number of carbonyl (C=O) groups is 2. The first-order valence-electron chi connectivity index (χ1n) is 7.98. The molecule has 0 atom stereocenters. The molecule has 0 saturated carbocycles. The van der Waals surface area contributed by atoms with Gasteiger partial charge < -0.3 is 19.8 Å². The Bertz CT molecular complexity index is 957. The number of esters is 1. The van der Waals surface area contributed by atoms with Crippen molar-refractivity contribution in [2.24, 2.45) is 0 Å². The molecular weight excluding hydrogens is 370 g/mol. The molecule has 8 heteroatoms. The average molecular weight is 386 g/mol. The first-order chi connectivity index (χ1) is 13.1. The summed E-state index contributed by atoms with van der Waals surface area (Å²) in [7, 11) is 1.30. The van der Waals surface area contributed by atoms with E-state index in [1.54, 1.807) is 48.7 Å². The Morgan fingerprint density at radius 1 is 1.19 bits per heavy atom. The van der Waals surface area contributed by atoms with Crippen LogP contribution in [-0.4, -0.2) is 24.0 Å². The zero-order valence-electron chi connectivity index (χ0n) is 14.4. The molecule has 0 aliphatic rings. The molecule has 2 aromatic heterocycles. The lowest BCUT2D eigenvalue weighted by molar-refractivity contribution is 0.0600. The molecule has 1 amide bonds. The number of halogens is 1. The topological polar surface area (TPSA) is 93.5 Å². The second-order valence-electron chi connectivity index (χ2n) is 5.50. The fraction of sp³-hybridized carbons (Fsp3) is 0.105. The maximum atomic E-state index is 12.3. The van der Waals surface area contributed by atoms with Gasteiger partial charge in [0, 0.05) is 11.8 Å². The molecule has 2 N–H and O–H groups in total. The number of nitrogens with one attached hydrogen (secondary N) is 2. The fourth-order valence-electron chi connectivity index (χ4n) is 2.33. The van der Waals surface area contributed by atoms with E-state index in [0.717, 1.165) is 0 Å². The lowest BCUT2D eigenvalue weighted by Gasteiger charge is -2.10. The van der Waals surface area contributed by atoms with Crippen molar-refractivity contribution in [3.8, 4) is 0 Å². The van der Waals surface area contributed by atoms with Gasteiger partial charge in [-0.2, -0.15) is 0 Å². The summed E-state index contributed by atoms with van der Waals surface area (Å²) in [5.41, 5.74) is 1.23. The second kappa shape index (κ2) is 8.37. The Morgan fingerprint density at radius 2 is 2.04 bits per heavy atom. The third-order valence-electron chi connectivity index (χ3n) is 3.68. The van der Waals surface area contributed by atoms with Crippen LogP contribution in [0.2, 0.25) is 5.02 Å². The molecule has 138 valence electrons. The molecule has 7 nitrogen and oxygen atoms in total. The molecule has 1 aromatic carbocycles. The van der Waals surface area contributed by atoms with Gasteiger partial charge in [0.2, 0.25) is 0 Å². The summed E-state index contributed by atoms with van der Waals surface area (Å²) < 4.78 is 9.89. The van der Waals surface area contributed by atoms with E-state index in [1.165, 1.54) is 13.3 Å². The van der Waals surface area contributed by atoms with E-state index in [1.807, 2.05) is 0 Å². The lowest BCUT2D eigenvalue weighted by Crippen LogP contribution is -2.22. The van der Waals surface area contributed by atoms with Crippen LogP contribution in [0.25, 0.3) is 0 Å². The summed E-state index contributed by atoms with van der Waals surface area (Å²) in [6, 6.07) is 11.4. The molecule has 0 radical (unpaired) electrons. The SMILES string of the molecule is COC(=O)c1ccc(Cl)c(Nc2cc(C(=O)NCc3ccco3)ccn2)c1. The number of carbonyl (C=O) groups excluding carboxylic acids is 2. The van der Waals surface area contributed by atoms with Crippen molar-refractivity contribution in [2.45, 2.75) is 6.54 Å². The van der Waals surface area contributed by atoms with Gasteiger partial charge in [-0.3, -0.25) is 4.79 Å².